The lowest BCUT2D eigenvalue weighted by Crippen LogP contribution is -3.19. The molecule has 0 aliphatic carbocycles. The molecule has 2 N–H and O–H groups in total. The minimum atomic E-state index is -3.48. The van der Waals surface area contributed by atoms with Crippen LogP contribution in [0, 0.1) is 11.6 Å². The van der Waals surface area contributed by atoms with E-state index in [9.17, 15) is 22.0 Å². The first-order valence-corrected chi connectivity index (χ1v) is 10.7. The number of carbonyl (C=O) groups is 1. The standard InChI is InChI=1S/C17H19F2N3O3S2/c1-12(17(23)20-13-4-5-14(18)15(19)11-13)21-6-8-22(9-7-21)27(24,25)16-3-2-10-26-16/h2-5,10-12H,6-9H2,1H3,(H,20,23)/p+1/t12-/m0/s1. The highest BCUT2D eigenvalue weighted by Crippen LogP contribution is 2.20. The van der Waals surface area contributed by atoms with E-state index >= 15 is 0 Å². The van der Waals surface area contributed by atoms with Crippen LogP contribution in [-0.2, 0) is 14.8 Å². The number of thiophene rings is 1. The average molecular weight is 416 g/mol. The molecule has 2 heterocycles. The van der Waals surface area contributed by atoms with Gasteiger partial charge in [0.25, 0.3) is 15.9 Å². The Kier molecular flexibility index (Phi) is 5.89. The van der Waals surface area contributed by atoms with E-state index in [1.54, 1.807) is 24.4 Å². The van der Waals surface area contributed by atoms with Crippen molar-refractivity contribution < 1.29 is 26.9 Å². The Morgan fingerprint density at radius 1 is 1.22 bits per heavy atom. The summed E-state index contributed by atoms with van der Waals surface area (Å²) in [5, 5.41) is 4.30. The fourth-order valence-electron chi connectivity index (χ4n) is 2.99. The Morgan fingerprint density at radius 3 is 2.52 bits per heavy atom. The van der Waals surface area contributed by atoms with Gasteiger partial charge in [0.15, 0.2) is 17.7 Å². The first-order valence-electron chi connectivity index (χ1n) is 8.43. The maximum absolute atomic E-state index is 13.3. The predicted molar refractivity (Wildman–Crippen MR) is 98.2 cm³/mol. The lowest BCUT2D eigenvalue weighted by Gasteiger charge is -2.33. The molecule has 3 rings (SSSR count). The van der Waals surface area contributed by atoms with E-state index in [2.05, 4.69) is 5.32 Å². The van der Waals surface area contributed by atoms with Crippen molar-refractivity contribution in [1.82, 2.24) is 4.31 Å². The number of hydrogen-bond acceptors (Lipinski definition) is 4. The Morgan fingerprint density at radius 2 is 1.93 bits per heavy atom. The molecule has 0 bridgehead atoms. The highest BCUT2D eigenvalue weighted by molar-refractivity contribution is 7.91. The van der Waals surface area contributed by atoms with Gasteiger partial charge in [-0.25, -0.2) is 17.2 Å². The Bertz CT molecular complexity index is 912. The zero-order valence-corrected chi connectivity index (χ0v) is 16.2. The van der Waals surface area contributed by atoms with E-state index in [0.29, 0.717) is 30.4 Å². The van der Waals surface area contributed by atoms with Gasteiger partial charge in [0.2, 0.25) is 0 Å². The van der Waals surface area contributed by atoms with Gasteiger partial charge in [0.05, 0.1) is 26.2 Å². The van der Waals surface area contributed by atoms with E-state index in [0.717, 1.165) is 17.0 Å². The van der Waals surface area contributed by atoms with Crippen molar-refractivity contribution in [3.63, 3.8) is 0 Å². The van der Waals surface area contributed by atoms with Crippen molar-refractivity contribution in [3.8, 4) is 0 Å². The minimum Gasteiger partial charge on any atom is -0.323 e. The summed E-state index contributed by atoms with van der Waals surface area (Å²) in [7, 11) is -3.48. The molecule has 0 saturated carbocycles. The van der Waals surface area contributed by atoms with E-state index in [-0.39, 0.29) is 11.6 Å². The molecular weight excluding hydrogens is 396 g/mol. The first kappa shape index (κ1) is 19.9. The number of benzene rings is 1. The fourth-order valence-corrected chi connectivity index (χ4v) is 5.58. The number of rotatable bonds is 5. The van der Waals surface area contributed by atoms with E-state index in [1.165, 1.54) is 21.7 Å². The quantitative estimate of drug-likeness (QED) is 0.762. The number of amides is 1. The molecule has 1 aromatic heterocycles. The predicted octanol–water partition coefficient (Wildman–Crippen LogP) is 0.943. The molecule has 2 aromatic rings. The van der Waals surface area contributed by atoms with Crippen molar-refractivity contribution in [2.75, 3.05) is 31.5 Å². The van der Waals surface area contributed by atoms with Crippen LogP contribution >= 0.6 is 11.3 Å². The topological polar surface area (TPSA) is 70.9 Å². The van der Waals surface area contributed by atoms with Crippen molar-refractivity contribution in [3.05, 3.63) is 47.3 Å². The second-order valence-electron chi connectivity index (χ2n) is 6.33. The summed E-state index contributed by atoms with van der Waals surface area (Å²) in [4.78, 5) is 13.3. The molecule has 1 aliphatic rings. The van der Waals surface area contributed by atoms with Gasteiger partial charge in [-0.2, -0.15) is 4.31 Å². The minimum absolute atomic E-state index is 0.184. The van der Waals surface area contributed by atoms with Crippen LogP contribution in [0.4, 0.5) is 14.5 Å². The smallest absolute Gasteiger partial charge is 0.282 e. The van der Waals surface area contributed by atoms with Crippen molar-refractivity contribution >= 4 is 33.0 Å². The zero-order chi connectivity index (χ0) is 19.6. The van der Waals surface area contributed by atoms with Gasteiger partial charge in [0.1, 0.15) is 4.21 Å². The number of carbonyl (C=O) groups excluding carboxylic acids is 1. The van der Waals surface area contributed by atoms with E-state index < -0.39 is 27.7 Å². The number of nitrogens with one attached hydrogen (secondary N) is 2. The molecule has 27 heavy (non-hydrogen) atoms. The molecule has 1 aliphatic heterocycles. The molecule has 0 radical (unpaired) electrons. The number of sulfonamides is 1. The van der Waals surface area contributed by atoms with Gasteiger partial charge in [-0.3, -0.25) is 4.79 Å². The highest BCUT2D eigenvalue weighted by Gasteiger charge is 2.34. The molecule has 6 nitrogen and oxygen atoms in total. The summed E-state index contributed by atoms with van der Waals surface area (Å²) in [5.74, 6) is -2.33. The SMILES string of the molecule is C[C@@H](C(=O)Nc1ccc(F)c(F)c1)[NH+]1CCN(S(=O)(=O)c2cccs2)CC1. The van der Waals surface area contributed by atoms with Crippen LogP contribution in [0.5, 0.6) is 0 Å². The third-order valence-corrected chi connectivity index (χ3v) is 7.92. The Hall–Kier alpha value is -1.88. The summed E-state index contributed by atoms with van der Waals surface area (Å²) in [6, 6.07) is 6.01. The van der Waals surface area contributed by atoms with Crippen molar-refractivity contribution in [1.29, 1.82) is 0 Å². The second kappa shape index (κ2) is 8.01. The summed E-state index contributed by atoms with van der Waals surface area (Å²) < 4.78 is 53.1. The number of piperazine rings is 1. The normalized spacial score (nSPS) is 17.6. The number of quaternary nitrogens is 1. The molecular formula is C17H20F2N3O3S2+. The lowest BCUT2D eigenvalue weighted by atomic mass is 10.2. The van der Waals surface area contributed by atoms with E-state index in [1.807, 2.05) is 0 Å². The highest BCUT2D eigenvalue weighted by atomic mass is 32.2. The molecule has 1 aromatic carbocycles. The second-order valence-corrected chi connectivity index (χ2v) is 9.45. The maximum Gasteiger partial charge on any atom is 0.282 e. The van der Waals surface area contributed by atoms with Crippen molar-refractivity contribution in [2.24, 2.45) is 0 Å². The van der Waals surface area contributed by atoms with Crippen LogP contribution in [0.25, 0.3) is 0 Å². The van der Waals surface area contributed by atoms with E-state index in [4.69, 9.17) is 0 Å². The van der Waals surface area contributed by atoms with Crippen LogP contribution in [0.1, 0.15) is 6.92 Å². The molecule has 1 atom stereocenters. The van der Waals surface area contributed by atoms with Gasteiger partial charge < -0.3 is 10.2 Å². The monoisotopic (exact) mass is 416 g/mol. The number of hydrogen-bond donors (Lipinski definition) is 2. The Labute approximate surface area is 160 Å². The maximum atomic E-state index is 13.3. The van der Waals surface area contributed by atoms with Crippen LogP contribution in [0.2, 0.25) is 0 Å². The third-order valence-electron chi connectivity index (χ3n) is 4.65. The first-order chi connectivity index (χ1) is 12.8. The average Bonchev–Trinajstić information content (AvgIpc) is 3.20. The molecule has 1 saturated heterocycles. The molecule has 146 valence electrons. The molecule has 0 spiro atoms. The van der Waals surface area contributed by atoms with Gasteiger partial charge in [-0.15, -0.1) is 11.3 Å². The van der Waals surface area contributed by atoms with Gasteiger partial charge in [0, 0.05) is 11.8 Å². The van der Waals surface area contributed by atoms with Crippen LogP contribution in [-0.4, -0.2) is 50.9 Å². The Balaban J connectivity index is 1.58. The van der Waals surface area contributed by atoms with Gasteiger partial charge >= 0.3 is 0 Å². The molecule has 1 amide bonds. The molecule has 1 fully saturated rings. The summed E-state index contributed by atoms with van der Waals surface area (Å²) >= 11 is 1.18. The van der Waals surface area contributed by atoms with Gasteiger partial charge in [-0.1, -0.05) is 6.07 Å². The summed E-state index contributed by atoms with van der Waals surface area (Å²) in [5.41, 5.74) is 0.184. The van der Waals surface area contributed by atoms with Crippen molar-refractivity contribution in [2.45, 2.75) is 17.2 Å². The van der Waals surface area contributed by atoms with Crippen LogP contribution in [0.3, 0.4) is 0 Å². The third kappa shape index (κ3) is 4.34. The number of halogens is 2. The fraction of sp³-hybridized carbons (Fsp3) is 0.353. The van der Waals surface area contributed by atoms with Gasteiger partial charge in [-0.05, 0) is 30.5 Å². The summed E-state index contributed by atoms with van der Waals surface area (Å²) in [6.07, 6.45) is 0. The van der Waals surface area contributed by atoms with Crippen LogP contribution < -0.4 is 10.2 Å². The summed E-state index contributed by atoms with van der Waals surface area (Å²) in [6.45, 7) is 3.33. The largest absolute Gasteiger partial charge is 0.323 e. The van der Waals surface area contributed by atoms with Crippen LogP contribution in [0.15, 0.2) is 39.9 Å². The number of anilines is 1. The zero-order valence-electron chi connectivity index (χ0n) is 14.6. The molecule has 0 unspecified atom stereocenters. The molecule has 10 heteroatoms. The number of nitrogens with zero attached hydrogens (tertiary/aromatic N) is 1. The lowest BCUT2D eigenvalue weighted by molar-refractivity contribution is -0.917.